The van der Waals surface area contributed by atoms with Crippen molar-refractivity contribution < 1.29 is 14.7 Å². The van der Waals surface area contributed by atoms with Gasteiger partial charge in [-0.15, -0.1) is 0 Å². The minimum atomic E-state index is -0.881. The van der Waals surface area contributed by atoms with Crippen molar-refractivity contribution >= 4 is 23.4 Å². The van der Waals surface area contributed by atoms with E-state index in [9.17, 15) is 9.59 Å². The highest BCUT2D eigenvalue weighted by molar-refractivity contribution is 6.00. The lowest BCUT2D eigenvalue weighted by molar-refractivity contribution is -0.140. The van der Waals surface area contributed by atoms with E-state index in [1.54, 1.807) is 30.2 Å². The summed E-state index contributed by atoms with van der Waals surface area (Å²) in [5.41, 5.74) is 0.626. The van der Waals surface area contributed by atoms with Gasteiger partial charge in [-0.1, -0.05) is 6.92 Å². The van der Waals surface area contributed by atoms with Crippen molar-refractivity contribution in [1.82, 2.24) is 4.98 Å². The average Bonchev–Trinajstić information content (AvgIpc) is 2.28. The number of hydrogen-bond acceptors (Lipinski definition) is 4. The Kier molecular flexibility index (Phi) is 2.95. The van der Waals surface area contributed by atoms with E-state index >= 15 is 0 Å². The van der Waals surface area contributed by atoms with E-state index in [0.29, 0.717) is 11.5 Å². The molecule has 1 aliphatic heterocycles. The maximum absolute atomic E-state index is 11.5. The number of carbonyl (C=O) groups excluding carboxylic acids is 1. The summed E-state index contributed by atoms with van der Waals surface area (Å²) in [7, 11) is 0. The van der Waals surface area contributed by atoms with Crippen molar-refractivity contribution in [2.24, 2.45) is 5.92 Å². The normalized spacial score (nSPS) is 16.1. The van der Waals surface area contributed by atoms with Crippen LogP contribution in [0.2, 0.25) is 0 Å². The third kappa shape index (κ3) is 2.35. The number of rotatable bonds is 3. The Bertz CT molecular complexity index is 461. The summed E-state index contributed by atoms with van der Waals surface area (Å²) in [6.45, 7) is 2.02. The Balaban J connectivity index is 2.24. The van der Waals surface area contributed by atoms with Crippen LogP contribution in [0.5, 0.6) is 0 Å². The zero-order valence-corrected chi connectivity index (χ0v) is 9.38. The number of nitrogens with zero attached hydrogens (tertiary/aromatic N) is 2. The van der Waals surface area contributed by atoms with Crippen LogP contribution in [0.4, 0.5) is 11.5 Å². The summed E-state index contributed by atoms with van der Waals surface area (Å²) in [6.07, 6.45) is 1.62. The summed E-state index contributed by atoms with van der Waals surface area (Å²) in [6, 6.07) is 3.47. The lowest BCUT2D eigenvalue weighted by Gasteiger charge is -2.30. The van der Waals surface area contributed by atoms with Gasteiger partial charge in [0.1, 0.15) is 0 Å². The Hall–Kier alpha value is -2.11. The minimum Gasteiger partial charge on any atom is -0.481 e. The first-order valence-corrected chi connectivity index (χ1v) is 5.30. The Labute approximate surface area is 98.3 Å². The molecule has 0 aromatic carbocycles. The third-order valence-corrected chi connectivity index (χ3v) is 2.61. The van der Waals surface area contributed by atoms with E-state index in [4.69, 9.17) is 5.11 Å². The van der Waals surface area contributed by atoms with Gasteiger partial charge in [0.2, 0.25) is 5.91 Å². The number of amides is 1. The van der Waals surface area contributed by atoms with Gasteiger partial charge in [0, 0.05) is 12.7 Å². The number of pyridine rings is 1. The molecule has 0 saturated heterocycles. The lowest BCUT2D eigenvalue weighted by Crippen LogP contribution is -2.42. The molecule has 0 aliphatic carbocycles. The minimum absolute atomic E-state index is 0.141. The molecule has 0 fully saturated rings. The Morgan fingerprint density at radius 3 is 3.18 bits per heavy atom. The van der Waals surface area contributed by atoms with Crippen molar-refractivity contribution in [3.8, 4) is 0 Å². The van der Waals surface area contributed by atoms with Gasteiger partial charge < -0.3 is 15.3 Å². The number of carboxylic acid groups (broad SMARTS) is 1. The van der Waals surface area contributed by atoms with Crippen LogP contribution in [0.3, 0.4) is 0 Å². The van der Waals surface area contributed by atoms with Crippen LogP contribution in [-0.2, 0) is 9.59 Å². The highest BCUT2D eigenvalue weighted by atomic mass is 16.4. The predicted octanol–water partition coefficient (Wildman–Crippen LogP) is 0.561. The monoisotopic (exact) mass is 235 g/mol. The largest absolute Gasteiger partial charge is 0.481 e. The highest BCUT2D eigenvalue weighted by Crippen LogP contribution is 2.26. The van der Waals surface area contributed by atoms with Crippen LogP contribution >= 0.6 is 0 Å². The summed E-state index contributed by atoms with van der Waals surface area (Å²) in [5, 5.41) is 11.6. The van der Waals surface area contributed by atoms with E-state index in [2.05, 4.69) is 10.3 Å². The molecule has 0 spiro atoms. The summed E-state index contributed by atoms with van der Waals surface area (Å²) in [4.78, 5) is 28.1. The fourth-order valence-electron chi connectivity index (χ4n) is 1.74. The zero-order valence-electron chi connectivity index (χ0n) is 9.38. The number of anilines is 2. The number of hydrogen-bond donors (Lipinski definition) is 2. The third-order valence-electron chi connectivity index (χ3n) is 2.61. The Morgan fingerprint density at radius 2 is 2.47 bits per heavy atom. The molecule has 1 aromatic rings. The van der Waals surface area contributed by atoms with Crippen LogP contribution in [0.25, 0.3) is 0 Å². The molecule has 2 N–H and O–H groups in total. The topological polar surface area (TPSA) is 82.5 Å². The van der Waals surface area contributed by atoms with Gasteiger partial charge >= 0.3 is 5.97 Å². The highest BCUT2D eigenvalue weighted by Gasteiger charge is 2.25. The first kappa shape index (κ1) is 11.4. The fraction of sp³-hybridized carbons (Fsp3) is 0.364. The second-order valence-corrected chi connectivity index (χ2v) is 4.04. The second-order valence-electron chi connectivity index (χ2n) is 4.04. The number of nitrogens with one attached hydrogen (secondary N) is 1. The van der Waals surface area contributed by atoms with Crippen molar-refractivity contribution in [3.63, 3.8) is 0 Å². The van der Waals surface area contributed by atoms with Gasteiger partial charge in [-0.3, -0.25) is 9.59 Å². The van der Waals surface area contributed by atoms with Gasteiger partial charge in [-0.2, -0.15) is 0 Å². The molecule has 2 heterocycles. The summed E-state index contributed by atoms with van der Waals surface area (Å²) < 4.78 is 0. The van der Waals surface area contributed by atoms with Gasteiger partial charge in [0.05, 0.1) is 18.2 Å². The standard InChI is InChI=1S/C11H13N3O3/c1-7(11(16)17)5-14-6-9(15)13-8-3-2-4-12-10(8)14/h2-4,7H,5-6H2,1H3,(H,13,15)(H,16,17). The molecule has 17 heavy (non-hydrogen) atoms. The van der Waals surface area contributed by atoms with Crippen LogP contribution in [0.15, 0.2) is 18.3 Å². The van der Waals surface area contributed by atoms with E-state index in [0.717, 1.165) is 0 Å². The first-order chi connectivity index (χ1) is 8.08. The Morgan fingerprint density at radius 1 is 1.71 bits per heavy atom. The molecule has 1 unspecified atom stereocenters. The maximum atomic E-state index is 11.5. The zero-order chi connectivity index (χ0) is 12.4. The SMILES string of the molecule is CC(CN1CC(=O)Nc2cccnc21)C(=O)O. The van der Waals surface area contributed by atoms with E-state index in [-0.39, 0.29) is 19.0 Å². The number of aromatic nitrogens is 1. The quantitative estimate of drug-likeness (QED) is 0.800. The van der Waals surface area contributed by atoms with Crippen LogP contribution < -0.4 is 10.2 Å². The van der Waals surface area contributed by atoms with Gasteiger partial charge in [-0.25, -0.2) is 4.98 Å². The van der Waals surface area contributed by atoms with Crippen molar-refractivity contribution in [1.29, 1.82) is 0 Å². The molecule has 90 valence electrons. The molecule has 2 rings (SSSR count). The van der Waals surface area contributed by atoms with Gasteiger partial charge in [0.15, 0.2) is 5.82 Å². The number of fused-ring (bicyclic) bond motifs is 1. The smallest absolute Gasteiger partial charge is 0.308 e. The fourth-order valence-corrected chi connectivity index (χ4v) is 1.74. The molecule has 0 saturated carbocycles. The van der Waals surface area contributed by atoms with Crippen molar-refractivity contribution in [2.75, 3.05) is 23.3 Å². The van der Waals surface area contributed by atoms with Gasteiger partial charge in [0.25, 0.3) is 0 Å². The number of aliphatic carboxylic acids is 1. The number of carbonyl (C=O) groups is 2. The molecule has 6 heteroatoms. The molecule has 0 radical (unpaired) electrons. The summed E-state index contributed by atoms with van der Waals surface area (Å²) in [5.74, 6) is -0.951. The van der Waals surface area contributed by atoms with Crippen LogP contribution in [0, 0.1) is 5.92 Å². The molecule has 6 nitrogen and oxygen atoms in total. The van der Waals surface area contributed by atoms with E-state index in [1.165, 1.54) is 0 Å². The molecule has 1 amide bonds. The predicted molar refractivity (Wildman–Crippen MR) is 61.9 cm³/mol. The van der Waals surface area contributed by atoms with Crippen molar-refractivity contribution in [3.05, 3.63) is 18.3 Å². The molecule has 0 bridgehead atoms. The van der Waals surface area contributed by atoms with E-state index in [1.807, 2.05) is 0 Å². The average molecular weight is 235 g/mol. The molecular weight excluding hydrogens is 222 g/mol. The number of carboxylic acids is 1. The lowest BCUT2D eigenvalue weighted by atomic mass is 10.1. The molecule has 1 aliphatic rings. The van der Waals surface area contributed by atoms with Crippen molar-refractivity contribution in [2.45, 2.75) is 6.92 Å². The van der Waals surface area contributed by atoms with E-state index < -0.39 is 11.9 Å². The summed E-state index contributed by atoms with van der Waals surface area (Å²) >= 11 is 0. The first-order valence-electron chi connectivity index (χ1n) is 5.30. The van der Waals surface area contributed by atoms with Crippen LogP contribution in [-0.4, -0.2) is 35.1 Å². The molecule has 1 atom stereocenters. The second kappa shape index (κ2) is 4.40. The van der Waals surface area contributed by atoms with Gasteiger partial charge in [-0.05, 0) is 12.1 Å². The maximum Gasteiger partial charge on any atom is 0.308 e. The molecular formula is C11H13N3O3. The molecule has 1 aromatic heterocycles. The van der Waals surface area contributed by atoms with Crippen LogP contribution in [0.1, 0.15) is 6.92 Å².